The van der Waals surface area contributed by atoms with E-state index in [-0.39, 0.29) is 5.75 Å². The lowest BCUT2D eigenvalue weighted by Crippen LogP contribution is -1.79. The van der Waals surface area contributed by atoms with Crippen molar-refractivity contribution >= 4 is 27.3 Å². The maximum atomic E-state index is 9.22. The van der Waals surface area contributed by atoms with Gasteiger partial charge in [0.1, 0.15) is 5.75 Å². The Morgan fingerprint density at radius 3 is 2.61 bits per heavy atom. The highest BCUT2D eigenvalue weighted by molar-refractivity contribution is 9.11. The lowest BCUT2D eigenvalue weighted by Gasteiger charge is -1.93. The SMILES string of the molecule is Oc1ccc(-c2noc(-c3csc(Br)c3)n2)cc1. The Kier molecular flexibility index (Phi) is 2.89. The van der Waals surface area contributed by atoms with Crippen LogP contribution < -0.4 is 0 Å². The topological polar surface area (TPSA) is 59.2 Å². The molecule has 0 aliphatic heterocycles. The predicted octanol–water partition coefficient (Wildman–Crippen LogP) is 3.93. The van der Waals surface area contributed by atoms with Crippen molar-refractivity contribution in [3.63, 3.8) is 0 Å². The predicted molar refractivity (Wildman–Crippen MR) is 72.4 cm³/mol. The molecule has 0 amide bonds. The molecular weight excluding hydrogens is 316 g/mol. The number of hydrogen-bond donors (Lipinski definition) is 1. The summed E-state index contributed by atoms with van der Waals surface area (Å²) in [7, 11) is 0. The third kappa shape index (κ3) is 2.16. The number of thiophene rings is 1. The van der Waals surface area contributed by atoms with Gasteiger partial charge < -0.3 is 9.63 Å². The van der Waals surface area contributed by atoms with Crippen LogP contribution in [0.3, 0.4) is 0 Å². The summed E-state index contributed by atoms with van der Waals surface area (Å²) in [5.41, 5.74) is 1.70. The second-order valence-electron chi connectivity index (χ2n) is 3.61. The van der Waals surface area contributed by atoms with Gasteiger partial charge in [0.15, 0.2) is 0 Å². The third-order valence-corrected chi connectivity index (χ3v) is 3.87. The summed E-state index contributed by atoms with van der Waals surface area (Å²) in [6, 6.07) is 8.60. The van der Waals surface area contributed by atoms with Crippen LogP contribution in [0.25, 0.3) is 22.8 Å². The minimum absolute atomic E-state index is 0.212. The maximum absolute atomic E-state index is 9.22. The molecule has 0 unspecified atom stereocenters. The molecule has 0 spiro atoms. The van der Waals surface area contributed by atoms with Gasteiger partial charge in [-0.2, -0.15) is 4.98 Å². The molecule has 0 fully saturated rings. The largest absolute Gasteiger partial charge is 0.508 e. The van der Waals surface area contributed by atoms with E-state index in [2.05, 4.69) is 26.1 Å². The number of hydrogen-bond acceptors (Lipinski definition) is 5. The van der Waals surface area contributed by atoms with Crippen molar-refractivity contribution in [2.75, 3.05) is 0 Å². The normalized spacial score (nSPS) is 10.7. The Labute approximate surface area is 115 Å². The van der Waals surface area contributed by atoms with Gasteiger partial charge in [-0.1, -0.05) is 5.16 Å². The van der Waals surface area contributed by atoms with Crippen molar-refractivity contribution in [3.8, 4) is 28.6 Å². The number of halogens is 1. The Bertz CT molecular complexity index is 675. The van der Waals surface area contributed by atoms with Crippen molar-refractivity contribution in [3.05, 3.63) is 39.5 Å². The second kappa shape index (κ2) is 4.55. The molecule has 0 atom stereocenters. The zero-order chi connectivity index (χ0) is 12.5. The molecule has 0 radical (unpaired) electrons. The first-order valence-corrected chi connectivity index (χ1v) is 6.77. The van der Waals surface area contributed by atoms with Crippen LogP contribution in [0.2, 0.25) is 0 Å². The lowest BCUT2D eigenvalue weighted by atomic mass is 10.2. The van der Waals surface area contributed by atoms with Crippen LogP contribution in [-0.2, 0) is 0 Å². The van der Waals surface area contributed by atoms with E-state index in [9.17, 15) is 5.11 Å². The molecule has 0 aliphatic carbocycles. The first-order chi connectivity index (χ1) is 8.72. The van der Waals surface area contributed by atoms with Gasteiger partial charge in [0, 0.05) is 10.9 Å². The summed E-state index contributed by atoms with van der Waals surface area (Å²) < 4.78 is 6.23. The maximum Gasteiger partial charge on any atom is 0.259 e. The van der Waals surface area contributed by atoms with Gasteiger partial charge in [0.25, 0.3) is 5.89 Å². The van der Waals surface area contributed by atoms with E-state index >= 15 is 0 Å². The van der Waals surface area contributed by atoms with E-state index in [1.807, 2.05) is 11.4 Å². The van der Waals surface area contributed by atoms with Crippen LogP contribution in [0.5, 0.6) is 5.75 Å². The van der Waals surface area contributed by atoms with Crippen LogP contribution in [-0.4, -0.2) is 15.2 Å². The monoisotopic (exact) mass is 322 g/mol. The standard InChI is InChI=1S/C12H7BrN2O2S/c13-10-5-8(6-18-10)12-14-11(15-17-12)7-1-3-9(16)4-2-7/h1-6,16H. The summed E-state index contributed by atoms with van der Waals surface area (Å²) in [4.78, 5) is 4.32. The van der Waals surface area contributed by atoms with Gasteiger partial charge in [-0.15, -0.1) is 11.3 Å². The van der Waals surface area contributed by atoms with Gasteiger partial charge in [-0.05, 0) is 46.3 Å². The third-order valence-electron chi connectivity index (χ3n) is 2.37. The first kappa shape index (κ1) is 11.4. The summed E-state index contributed by atoms with van der Waals surface area (Å²) in [5, 5.41) is 15.1. The Morgan fingerprint density at radius 2 is 1.94 bits per heavy atom. The smallest absolute Gasteiger partial charge is 0.259 e. The molecule has 18 heavy (non-hydrogen) atoms. The number of aromatic hydroxyl groups is 1. The molecule has 4 nitrogen and oxygen atoms in total. The average molecular weight is 323 g/mol. The van der Waals surface area contributed by atoms with Crippen LogP contribution in [0.4, 0.5) is 0 Å². The highest BCUT2D eigenvalue weighted by Gasteiger charge is 2.11. The van der Waals surface area contributed by atoms with Gasteiger partial charge in [0.05, 0.1) is 9.35 Å². The fourth-order valence-corrected chi connectivity index (χ4v) is 2.62. The van der Waals surface area contributed by atoms with E-state index in [1.165, 1.54) is 0 Å². The van der Waals surface area contributed by atoms with Gasteiger partial charge in [-0.25, -0.2) is 0 Å². The van der Waals surface area contributed by atoms with E-state index < -0.39 is 0 Å². The minimum Gasteiger partial charge on any atom is -0.508 e. The van der Waals surface area contributed by atoms with Gasteiger partial charge >= 0.3 is 0 Å². The molecule has 2 aromatic heterocycles. The highest BCUT2D eigenvalue weighted by Crippen LogP contribution is 2.29. The number of phenols is 1. The molecule has 0 saturated carbocycles. The van der Waals surface area contributed by atoms with Gasteiger partial charge in [-0.3, -0.25) is 0 Å². The van der Waals surface area contributed by atoms with E-state index in [1.54, 1.807) is 35.6 Å². The van der Waals surface area contributed by atoms with Crippen LogP contribution >= 0.6 is 27.3 Å². The summed E-state index contributed by atoms with van der Waals surface area (Å²) in [5.74, 6) is 1.21. The molecule has 3 rings (SSSR count). The Hall–Kier alpha value is -1.66. The van der Waals surface area contributed by atoms with Gasteiger partial charge in [0.2, 0.25) is 5.82 Å². The fourth-order valence-electron chi connectivity index (χ4n) is 1.49. The van der Waals surface area contributed by atoms with E-state index in [4.69, 9.17) is 4.52 Å². The van der Waals surface area contributed by atoms with Crippen molar-refractivity contribution < 1.29 is 9.63 Å². The molecule has 3 aromatic rings. The molecular formula is C12H7BrN2O2S. The molecule has 0 aliphatic rings. The molecule has 0 saturated heterocycles. The number of nitrogens with zero attached hydrogens (tertiary/aromatic N) is 2. The minimum atomic E-state index is 0.212. The summed E-state index contributed by atoms with van der Waals surface area (Å²) >= 11 is 4.95. The zero-order valence-electron chi connectivity index (χ0n) is 9.00. The molecule has 90 valence electrons. The van der Waals surface area contributed by atoms with Crippen molar-refractivity contribution in [2.24, 2.45) is 0 Å². The number of phenolic OH excluding ortho intramolecular Hbond substituents is 1. The van der Waals surface area contributed by atoms with Crippen molar-refractivity contribution in [1.29, 1.82) is 0 Å². The summed E-state index contributed by atoms with van der Waals surface area (Å²) in [6.07, 6.45) is 0. The highest BCUT2D eigenvalue weighted by atomic mass is 79.9. The van der Waals surface area contributed by atoms with E-state index in [0.717, 1.165) is 14.9 Å². The Morgan fingerprint density at radius 1 is 1.17 bits per heavy atom. The number of benzene rings is 1. The second-order valence-corrected chi connectivity index (χ2v) is 5.90. The lowest BCUT2D eigenvalue weighted by molar-refractivity contribution is 0.432. The fraction of sp³-hybridized carbons (Fsp3) is 0. The molecule has 0 bridgehead atoms. The molecule has 6 heteroatoms. The molecule has 1 aromatic carbocycles. The van der Waals surface area contributed by atoms with Crippen LogP contribution in [0.15, 0.2) is 44.0 Å². The average Bonchev–Trinajstić information content (AvgIpc) is 2.98. The van der Waals surface area contributed by atoms with E-state index in [0.29, 0.717) is 11.7 Å². The molecule has 1 N–H and O–H groups in total. The number of aromatic nitrogens is 2. The number of rotatable bonds is 2. The summed E-state index contributed by atoms with van der Waals surface area (Å²) in [6.45, 7) is 0. The van der Waals surface area contributed by atoms with Crippen molar-refractivity contribution in [1.82, 2.24) is 10.1 Å². The Balaban J connectivity index is 1.96. The van der Waals surface area contributed by atoms with Crippen molar-refractivity contribution in [2.45, 2.75) is 0 Å². The zero-order valence-corrected chi connectivity index (χ0v) is 11.4. The molecule has 2 heterocycles. The van der Waals surface area contributed by atoms with Crippen LogP contribution in [0.1, 0.15) is 0 Å². The quantitative estimate of drug-likeness (QED) is 0.776. The first-order valence-electron chi connectivity index (χ1n) is 5.10. The van der Waals surface area contributed by atoms with Crippen LogP contribution in [0, 0.1) is 0 Å².